The summed E-state index contributed by atoms with van der Waals surface area (Å²) < 4.78 is 18.2. The zero-order valence-electron chi connectivity index (χ0n) is 19.1. The molecule has 6 atom stereocenters. The standard InChI is InChI=1S/C25H32O7/c1-5-6-7-8-15-13-16(26)17-18(27)19-22(4,32-20(17)31-15)9-11-24(28)21(2,3)25(29)12-10-23(19,24)14-30-25/h5-8,13,18-19,27-29H,9-12,14H2,1-4H3. The Labute approximate surface area is 187 Å². The molecule has 7 nitrogen and oxygen atoms in total. The second-order valence-corrected chi connectivity index (χ2v) is 10.7. The van der Waals surface area contributed by atoms with Crippen molar-refractivity contribution in [2.24, 2.45) is 16.7 Å². The van der Waals surface area contributed by atoms with E-state index in [1.807, 2.05) is 39.8 Å². The predicted molar refractivity (Wildman–Crippen MR) is 117 cm³/mol. The van der Waals surface area contributed by atoms with Crippen molar-refractivity contribution in [3.05, 3.63) is 45.8 Å². The van der Waals surface area contributed by atoms with Crippen LogP contribution in [0.2, 0.25) is 0 Å². The number of hydrogen-bond donors (Lipinski definition) is 3. The Kier molecular flexibility index (Phi) is 4.49. The van der Waals surface area contributed by atoms with E-state index in [1.54, 1.807) is 12.2 Å². The molecule has 4 fully saturated rings. The van der Waals surface area contributed by atoms with Gasteiger partial charge in [-0.05, 0) is 39.2 Å². The summed E-state index contributed by atoms with van der Waals surface area (Å²) in [6.07, 6.45) is 7.56. The molecule has 2 saturated carbocycles. The summed E-state index contributed by atoms with van der Waals surface area (Å²) in [6, 6.07) is 1.35. The Morgan fingerprint density at radius 1 is 1.09 bits per heavy atom. The first-order valence-corrected chi connectivity index (χ1v) is 11.4. The summed E-state index contributed by atoms with van der Waals surface area (Å²) >= 11 is 0. The Hall–Kier alpha value is -1.93. The highest BCUT2D eigenvalue weighted by Crippen LogP contribution is 2.73. The molecule has 0 radical (unpaired) electrons. The minimum absolute atomic E-state index is 0.0361. The molecular formula is C25H32O7. The second-order valence-electron chi connectivity index (χ2n) is 10.7. The van der Waals surface area contributed by atoms with E-state index in [4.69, 9.17) is 13.9 Å². The fraction of sp³-hybridized carbons (Fsp3) is 0.640. The van der Waals surface area contributed by atoms with Gasteiger partial charge in [0, 0.05) is 29.2 Å². The summed E-state index contributed by atoms with van der Waals surface area (Å²) in [7, 11) is 0. The largest absolute Gasteiger partial charge is 0.458 e. The van der Waals surface area contributed by atoms with E-state index in [0.29, 0.717) is 31.4 Å². The number of aliphatic hydroxyl groups is 3. The summed E-state index contributed by atoms with van der Waals surface area (Å²) in [4.78, 5) is 13.0. The average Bonchev–Trinajstić information content (AvgIpc) is 2.71. The number of allylic oxidation sites excluding steroid dienone is 3. The monoisotopic (exact) mass is 444 g/mol. The zero-order valence-corrected chi connectivity index (χ0v) is 19.1. The number of ether oxygens (including phenoxy) is 2. The SMILES string of the molecule is CC=CC=Cc1cc(=O)c2c(o1)OC1(C)CCC3(O)C4(CCC(O)(OC4)C3(C)C)C1C2O. The maximum absolute atomic E-state index is 13.0. The van der Waals surface area contributed by atoms with Gasteiger partial charge in [-0.25, -0.2) is 0 Å². The first-order valence-electron chi connectivity index (χ1n) is 11.4. The number of hydrogen-bond acceptors (Lipinski definition) is 7. The third-order valence-corrected chi connectivity index (χ3v) is 9.02. The van der Waals surface area contributed by atoms with Crippen LogP contribution in [-0.4, -0.2) is 38.9 Å². The van der Waals surface area contributed by atoms with Crippen molar-refractivity contribution in [2.75, 3.05) is 6.61 Å². The van der Waals surface area contributed by atoms with Gasteiger partial charge in [0.05, 0.1) is 18.3 Å². The molecule has 3 N–H and O–H groups in total. The molecular weight excluding hydrogens is 412 g/mol. The first-order chi connectivity index (χ1) is 14.9. The van der Waals surface area contributed by atoms with Crippen LogP contribution >= 0.6 is 0 Å². The molecule has 1 aromatic heterocycles. The fourth-order valence-corrected chi connectivity index (χ4v) is 7.10. The van der Waals surface area contributed by atoms with Gasteiger partial charge in [-0.15, -0.1) is 0 Å². The van der Waals surface area contributed by atoms with Crippen LogP contribution in [-0.2, 0) is 4.74 Å². The molecule has 4 heterocycles. The fourth-order valence-electron chi connectivity index (χ4n) is 7.10. The van der Waals surface area contributed by atoms with Crippen LogP contribution in [0.3, 0.4) is 0 Å². The lowest BCUT2D eigenvalue weighted by Crippen LogP contribution is -2.82. The Balaban J connectivity index is 1.65. The van der Waals surface area contributed by atoms with Crippen molar-refractivity contribution in [1.29, 1.82) is 0 Å². The van der Waals surface area contributed by atoms with Gasteiger partial charge in [0.2, 0.25) is 0 Å². The molecule has 5 aliphatic rings. The minimum atomic E-state index is -1.43. The molecule has 6 unspecified atom stereocenters. The van der Waals surface area contributed by atoms with Crippen LogP contribution in [0.1, 0.15) is 70.8 Å². The molecule has 1 spiro atoms. The lowest BCUT2D eigenvalue weighted by molar-refractivity contribution is -0.443. The summed E-state index contributed by atoms with van der Waals surface area (Å²) in [5, 5.41) is 34.8. The molecule has 2 bridgehead atoms. The molecule has 7 heteroatoms. The molecule has 0 aromatic carbocycles. The maximum atomic E-state index is 13.0. The molecule has 3 aliphatic heterocycles. The Morgan fingerprint density at radius 2 is 1.84 bits per heavy atom. The van der Waals surface area contributed by atoms with Crippen molar-refractivity contribution in [2.45, 2.75) is 76.5 Å². The predicted octanol–water partition coefficient (Wildman–Crippen LogP) is 3.08. The van der Waals surface area contributed by atoms with Gasteiger partial charge in [0.15, 0.2) is 11.2 Å². The topological polar surface area (TPSA) is 109 Å². The van der Waals surface area contributed by atoms with Crippen LogP contribution in [0.15, 0.2) is 33.5 Å². The molecule has 0 amide bonds. The summed E-state index contributed by atoms with van der Waals surface area (Å²) in [5.41, 5.74) is -4.27. The molecule has 2 saturated heterocycles. The van der Waals surface area contributed by atoms with Gasteiger partial charge in [-0.3, -0.25) is 4.79 Å². The quantitative estimate of drug-likeness (QED) is 0.602. The maximum Gasteiger partial charge on any atom is 0.295 e. The van der Waals surface area contributed by atoms with Crippen molar-refractivity contribution < 1.29 is 29.2 Å². The lowest BCUT2D eigenvalue weighted by atomic mass is 9.38. The van der Waals surface area contributed by atoms with Crippen LogP contribution in [0.4, 0.5) is 0 Å². The van der Waals surface area contributed by atoms with Crippen molar-refractivity contribution in [3.8, 4) is 5.95 Å². The molecule has 1 aromatic rings. The van der Waals surface area contributed by atoms with Gasteiger partial charge < -0.3 is 29.2 Å². The summed E-state index contributed by atoms with van der Waals surface area (Å²) in [5.74, 6) is -1.65. The number of rotatable bonds is 2. The van der Waals surface area contributed by atoms with Crippen molar-refractivity contribution >= 4 is 6.08 Å². The van der Waals surface area contributed by atoms with Crippen LogP contribution in [0.25, 0.3) is 6.08 Å². The third kappa shape index (κ3) is 2.43. The van der Waals surface area contributed by atoms with E-state index in [2.05, 4.69) is 0 Å². The lowest BCUT2D eigenvalue weighted by Gasteiger charge is -2.74. The Bertz CT molecular complexity index is 1060. The van der Waals surface area contributed by atoms with Crippen LogP contribution in [0.5, 0.6) is 5.95 Å². The highest BCUT2D eigenvalue weighted by molar-refractivity contribution is 5.47. The van der Waals surface area contributed by atoms with Gasteiger partial charge in [-0.1, -0.05) is 32.1 Å². The highest BCUT2D eigenvalue weighted by atomic mass is 16.6. The van der Waals surface area contributed by atoms with Crippen LogP contribution < -0.4 is 10.2 Å². The zero-order chi connectivity index (χ0) is 23.2. The van der Waals surface area contributed by atoms with E-state index >= 15 is 0 Å². The first kappa shape index (κ1) is 21.9. The van der Waals surface area contributed by atoms with Crippen LogP contribution in [0, 0.1) is 16.7 Å². The van der Waals surface area contributed by atoms with E-state index in [-0.39, 0.29) is 23.5 Å². The average molecular weight is 445 g/mol. The van der Waals surface area contributed by atoms with Gasteiger partial charge in [0.25, 0.3) is 5.95 Å². The van der Waals surface area contributed by atoms with E-state index in [0.717, 1.165) is 0 Å². The van der Waals surface area contributed by atoms with Gasteiger partial charge in [0.1, 0.15) is 16.9 Å². The third-order valence-electron chi connectivity index (χ3n) is 9.02. The van der Waals surface area contributed by atoms with Gasteiger partial charge >= 0.3 is 0 Å². The Morgan fingerprint density at radius 3 is 2.50 bits per heavy atom. The molecule has 32 heavy (non-hydrogen) atoms. The summed E-state index contributed by atoms with van der Waals surface area (Å²) in [6.45, 7) is 7.53. The van der Waals surface area contributed by atoms with Crippen molar-refractivity contribution in [1.82, 2.24) is 0 Å². The van der Waals surface area contributed by atoms with Crippen molar-refractivity contribution in [3.63, 3.8) is 0 Å². The smallest absolute Gasteiger partial charge is 0.295 e. The number of fused-ring (bicyclic) bond motifs is 4. The molecule has 2 aliphatic carbocycles. The van der Waals surface area contributed by atoms with E-state index in [1.165, 1.54) is 6.07 Å². The minimum Gasteiger partial charge on any atom is -0.458 e. The molecule has 6 rings (SSSR count). The van der Waals surface area contributed by atoms with E-state index in [9.17, 15) is 20.1 Å². The molecule has 174 valence electrons. The normalized spacial score (nSPS) is 44.2. The van der Waals surface area contributed by atoms with Gasteiger partial charge in [-0.2, -0.15) is 0 Å². The highest BCUT2D eigenvalue weighted by Gasteiger charge is 2.79. The second kappa shape index (κ2) is 6.56. The number of aliphatic hydroxyl groups excluding tert-OH is 1. The van der Waals surface area contributed by atoms with E-state index < -0.39 is 39.8 Å².